The third-order valence-electron chi connectivity index (χ3n) is 3.21. The van der Waals surface area contributed by atoms with Crippen LogP contribution in [-0.2, 0) is 13.0 Å². The fourth-order valence-electron chi connectivity index (χ4n) is 2.27. The van der Waals surface area contributed by atoms with Gasteiger partial charge in [-0.2, -0.15) is 10.4 Å². The van der Waals surface area contributed by atoms with E-state index in [-0.39, 0.29) is 4.75 Å². The van der Waals surface area contributed by atoms with Crippen LogP contribution in [0.2, 0.25) is 0 Å². The Morgan fingerprint density at radius 2 is 2.41 bits per heavy atom. The summed E-state index contributed by atoms with van der Waals surface area (Å²) < 4.78 is 2.85. The van der Waals surface area contributed by atoms with Gasteiger partial charge in [0.1, 0.15) is 4.75 Å². The fourth-order valence-corrected chi connectivity index (χ4v) is 3.97. The minimum Gasteiger partial charge on any atom is -0.268 e. The lowest BCUT2D eigenvalue weighted by Crippen LogP contribution is -2.24. The van der Waals surface area contributed by atoms with Gasteiger partial charge in [-0.25, -0.2) is 0 Å². The molecule has 0 bridgehead atoms. The number of thioether (sulfide) groups is 1. The maximum Gasteiger partial charge on any atom is 0.108 e. The van der Waals surface area contributed by atoms with E-state index in [2.05, 4.69) is 34.0 Å². The lowest BCUT2D eigenvalue weighted by atomic mass is 9.98. The van der Waals surface area contributed by atoms with E-state index in [0.717, 1.165) is 41.7 Å². The van der Waals surface area contributed by atoms with E-state index in [1.54, 1.807) is 11.8 Å². The van der Waals surface area contributed by atoms with E-state index in [1.807, 2.05) is 11.6 Å². The van der Waals surface area contributed by atoms with Crippen LogP contribution < -0.4 is 0 Å². The van der Waals surface area contributed by atoms with Gasteiger partial charge in [0.25, 0.3) is 0 Å². The van der Waals surface area contributed by atoms with Crippen LogP contribution in [-0.4, -0.2) is 20.3 Å². The van der Waals surface area contributed by atoms with Gasteiger partial charge >= 0.3 is 0 Å². The van der Waals surface area contributed by atoms with Crippen molar-refractivity contribution in [2.45, 2.75) is 44.4 Å². The molecule has 0 aromatic carbocycles. The van der Waals surface area contributed by atoms with Crippen LogP contribution >= 0.6 is 27.7 Å². The topological polar surface area (TPSA) is 41.6 Å². The highest BCUT2D eigenvalue weighted by atomic mass is 79.9. The van der Waals surface area contributed by atoms with E-state index in [1.165, 1.54) is 5.69 Å². The molecule has 2 rings (SSSR count). The molecule has 1 aromatic rings. The Labute approximate surface area is 115 Å². The van der Waals surface area contributed by atoms with Crippen molar-refractivity contribution in [2.75, 3.05) is 5.75 Å². The van der Waals surface area contributed by atoms with Gasteiger partial charge < -0.3 is 0 Å². The molecule has 1 aromatic heterocycles. The third-order valence-corrected chi connectivity index (χ3v) is 5.73. The second-order valence-corrected chi connectivity index (χ2v) is 6.67. The molecule has 0 radical (unpaired) electrons. The summed E-state index contributed by atoms with van der Waals surface area (Å²) >= 11 is 5.40. The van der Waals surface area contributed by atoms with Crippen LogP contribution in [0.3, 0.4) is 0 Å². The molecular weight excluding hydrogens is 298 g/mol. The van der Waals surface area contributed by atoms with Gasteiger partial charge in [0.15, 0.2) is 0 Å². The Morgan fingerprint density at radius 1 is 1.65 bits per heavy atom. The van der Waals surface area contributed by atoms with Gasteiger partial charge in [-0.15, -0.1) is 11.8 Å². The van der Waals surface area contributed by atoms with E-state index >= 15 is 0 Å². The zero-order chi connectivity index (χ0) is 12.5. The van der Waals surface area contributed by atoms with E-state index < -0.39 is 0 Å². The van der Waals surface area contributed by atoms with Crippen molar-refractivity contribution < 1.29 is 0 Å². The Bertz CT molecular complexity index is 455. The first-order chi connectivity index (χ1) is 8.12. The minimum atomic E-state index is -0.234. The molecule has 0 saturated carbocycles. The van der Waals surface area contributed by atoms with Crippen LogP contribution in [0.25, 0.3) is 0 Å². The highest BCUT2D eigenvalue weighted by molar-refractivity contribution is 9.10. The number of nitriles is 1. The zero-order valence-corrected chi connectivity index (χ0v) is 12.6. The van der Waals surface area contributed by atoms with Crippen molar-refractivity contribution in [3.63, 3.8) is 0 Å². The number of hydrogen-bond acceptors (Lipinski definition) is 3. The van der Waals surface area contributed by atoms with Crippen LogP contribution in [0.15, 0.2) is 4.47 Å². The molecule has 3 nitrogen and oxygen atoms in total. The van der Waals surface area contributed by atoms with Crippen molar-refractivity contribution in [3.05, 3.63) is 15.9 Å². The van der Waals surface area contributed by atoms with Gasteiger partial charge in [0.2, 0.25) is 0 Å². The Balaban J connectivity index is 2.32. The lowest BCUT2D eigenvalue weighted by molar-refractivity contribution is 0.579. The number of aromatic nitrogens is 2. The summed E-state index contributed by atoms with van der Waals surface area (Å²) in [6.07, 6.45) is 2.94. The summed E-state index contributed by atoms with van der Waals surface area (Å²) in [5.74, 6) is 1.10. The summed E-state index contributed by atoms with van der Waals surface area (Å²) in [4.78, 5) is 0. The lowest BCUT2D eigenvalue weighted by Gasteiger charge is -2.19. The van der Waals surface area contributed by atoms with Gasteiger partial charge in [-0.1, -0.05) is 0 Å². The molecule has 0 N–H and O–H groups in total. The van der Waals surface area contributed by atoms with Gasteiger partial charge in [0, 0.05) is 13.0 Å². The van der Waals surface area contributed by atoms with Crippen molar-refractivity contribution in [3.8, 4) is 6.07 Å². The Hall–Kier alpha value is -0.470. The first-order valence-electron chi connectivity index (χ1n) is 5.89. The molecule has 1 fully saturated rings. The van der Waals surface area contributed by atoms with Crippen LogP contribution in [0.1, 0.15) is 31.2 Å². The van der Waals surface area contributed by atoms with Crippen LogP contribution in [0.4, 0.5) is 0 Å². The predicted molar refractivity (Wildman–Crippen MR) is 74.1 cm³/mol. The predicted octanol–water partition coefficient (Wildman–Crippen LogP) is 3.31. The molecule has 17 heavy (non-hydrogen) atoms. The van der Waals surface area contributed by atoms with E-state index in [9.17, 15) is 5.26 Å². The molecule has 1 atom stereocenters. The Morgan fingerprint density at radius 3 is 2.94 bits per heavy atom. The number of rotatable bonds is 3. The number of aryl methyl sites for hydroxylation is 2. The third kappa shape index (κ3) is 2.38. The molecule has 1 aliphatic rings. The highest BCUT2D eigenvalue weighted by Gasteiger charge is 2.36. The van der Waals surface area contributed by atoms with Crippen molar-refractivity contribution in [1.29, 1.82) is 5.26 Å². The number of nitrogens with zero attached hydrogens (tertiary/aromatic N) is 3. The second kappa shape index (κ2) is 5.03. The zero-order valence-electron chi connectivity index (χ0n) is 10.2. The standard InChI is InChI=1S/C12H16BrN3S/c1-3-16-10(11(13)9(2)15-16)7-12(8-14)5-4-6-17-12/h3-7H2,1-2H3. The van der Waals surface area contributed by atoms with Crippen molar-refractivity contribution >= 4 is 27.7 Å². The molecule has 1 saturated heterocycles. The second-order valence-electron chi connectivity index (χ2n) is 4.40. The molecule has 0 aliphatic carbocycles. The minimum absolute atomic E-state index is 0.234. The quantitative estimate of drug-likeness (QED) is 0.859. The first-order valence-corrected chi connectivity index (χ1v) is 7.67. The average Bonchev–Trinajstić information content (AvgIpc) is 2.90. The van der Waals surface area contributed by atoms with Crippen LogP contribution in [0.5, 0.6) is 0 Å². The fraction of sp³-hybridized carbons (Fsp3) is 0.667. The molecule has 0 spiro atoms. The molecule has 1 aliphatic heterocycles. The molecule has 1 unspecified atom stereocenters. The van der Waals surface area contributed by atoms with Crippen LogP contribution in [0, 0.1) is 18.3 Å². The van der Waals surface area contributed by atoms with Crippen molar-refractivity contribution in [2.24, 2.45) is 0 Å². The molecule has 2 heterocycles. The average molecular weight is 314 g/mol. The monoisotopic (exact) mass is 313 g/mol. The summed E-state index contributed by atoms with van der Waals surface area (Å²) in [5.41, 5.74) is 2.18. The smallest absolute Gasteiger partial charge is 0.108 e. The summed E-state index contributed by atoms with van der Waals surface area (Å²) in [6.45, 7) is 4.94. The summed E-state index contributed by atoms with van der Waals surface area (Å²) in [5, 5.41) is 13.9. The Kier molecular flexibility index (Phi) is 3.84. The molecule has 92 valence electrons. The molecular formula is C12H16BrN3S. The number of halogens is 1. The van der Waals surface area contributed by atoms with E-state index in [4.69, 9.17) is 0 Å². The maximum atomic E-state index is 9.42. The molecule has 5 heteroatoms. The largest absolute Gasteiger partial charge is 0.268 e. The van der Waals surface area contributed by atoms with Crippen molar-refractivity contribution in [1.82, 2.24) is 9.78 Å². The maximum absolute atomic E-state index is 9.42. The number of hydrogen-bond donors (Lipinski definition) is 0. The van der Waals surface area contributed by atoms with Gasteiger partial charge in [0.05, 0.1) is 21.9 Å². The van der Waals surface area contributed by atoms with Gasteiger partial charge in [-0.05, 0) is 48.4 Å². The SMILES string of the molecule is CCn1nc(C)c(Br)c1CC1(C#N)CCCS1. The highest BCUT2D eigenvalue weighted by Crippen LogP contribution is 2.41. The summed E-state index contributed by atoms with van der Waals surface area (Å²) in [6, 6.07) is 2.51. The van der Waals surface area contributed by atoms with Gasteiger partial charge in [-0.3, -0.25) is 4.68 Å². The van der Waals surface area contributed by atoms with E-state index in [0.29, 0.717) is 0 Å². The molecule has 0 amide bonds. The summed E-state index contributed by atoms with van der Waals surface area (Å²) in [7, 11) is 0. The normalized spacial score (nSPS) is 23.9. The first kappa shape index (κ1) is 13.0.